The Morgan fingerprint density at radius 1 is 1.00 bits per heavy atom. The minimum Gasteiger partial charge on any atom is -0.298 e. The number of aryl methyl sites for hydroxylation is 1. The Hall–Kier alpha value is -1.20. The molecule has 0 spiro atoms. The number of carbonyl (C=O) groups excluding carboxylic acids is 1. The minimum absolute atomic E-state index is 0.0233. The van der Waals surface area contributed by atoms with E-state index in [0.717, 1.165) is 36.4 Å². The zero-order chi connectivity index (χ0) is 21.0. The van der Waals surface area contributed by atoms with Crippen LogP contribution in [0.4, 0.5) is 5.13 Å². The normalized spacial score (nSPS) is 22.1. The lowest BCUT2D eigenvalue weighted by Gasteiger charge is -2.34. The summed E-state index contributed by atoms with van der Waals surface area (Å²) in [5.41, 5.74) is 4.01. The van der Waals surface area contributed by atoms with E-state index in [2.05, 4.69) is 52.2 Å². The summed E-state index contributed by atoms with van der Waals surface area (Å²) < 4.78 is 0. The molecule has 2 aliphatic rings. The summed E-state index contributed by atoms with van der Waals surface area (Å²) in [6, 6.07) is 0. The number of thiazole rings is 1. The van der Waals surface area contributed by atoms with Crippen molar-refractivity contribution in [1.82, 2.24) is 4.98 Å². The van der Waals surface area contributed by atoms with E-state index in [-0.39, 0.29) is 5.91 Å². The average molecular weight is 431 g/mol. The molecule has 4 rings (SSSR count). The van der Waals surface area contributed by atoms with Crippen LogP contribution in [0.15, 0.2) is 5.38 Å². The molecule has 5 heteroatoms. The number of anilines is 1. The van der Waals surface area contributed by atoms with Crippen molar-refractivity contribution in [3.05, 3.63) is 32.0 Å². The topological polar surface area (TPSA) is 42.0 Å². The van der Waals surface area contributed by atoms with Crippen LogP contribution in [0.3, 0.4) is 0 Å². The first kappa shape index (κ1) is 21.0. The SMILES string of the molecule is CC(C)(C)C1CCc2nc(NC(=O)c3csc4c3CCC(C(C)(C)C)C4)sc2C1. The first-order valence-corrected chi connectivity index (χ1v) is 12.6. The second kappa shape index (κ2) is 7.49. The Morgan fingerprint density at radius 2 is 1.62 bits per heavy atom. The van der Waals surface area contributed by atoms with E-state index in [1.165, 1.54) is 33.9 Å². The summed E-state index contributed by atoms with van der Waals surface area (Å²) in [4.78, 5) is 20.6. The van der Waals surface area contributed by atoms with Crippen LogP contribution in [-0.2, 0) is 25.7 Å². The van der Waals surface area contributed by atoms with Crippen molar-refractivity contribution in [3.63, 3.8) is 0 Å². The van der Waals surface area contributed by atoms with Gasteiger partial charge in [0.25, 0.3) is 5.91 Å². The number of hydrogen-bond donors (Lipinski definition) is 1. The third-order valence-electron chi connectivity index (χ3n) is 7.01. The quantitative estimate of drug-likeness (QED) is 0.572. The number of nitrogens with one attached hydrogen (secondary N) is 1. The van der Waals surface area contributed by atoms with E-state index in [4.69, 9.17) is 4.98 Å². The molecule has 2 aromatic heterocycles. The number of nitrogens with zero attached hydrogens (tertiary/aromatic N) is 1. The molecule has 0 aromatic carbocycles. The van der Waals surface area contributed by atoms with Crippen LogP contribution in [0, 0.1) is 22.7 Å². The summed E-state index contributed by atoms with van der Waals surface area (Å²) in [7, 11) is 0. The number of thiophene rings is 1. The molecule has 29 heavy (non-hydrogen) atoms. The molecule has 0 bridgehead atoms. The summed E-state index contributed by atoms with van der Waals surface area (Å²) >= 11 is 3.45. The first-order chi connectivity index (χ1) is 13.5. The lowest BCUT2D eigenvalue weighted by molar-refractivity contribution is 0.102. The van der Waals surface area contributed by atoms with E-state index < -0.39 is 0 Å². The zero-order valence-corrected chi connectivity index (χ0v) is 20.3. The summed E-state index contributed by atoms with van der Waals surface area (Å²) in [5.74, 6) is 1.42. The van der Waals surface area contributed by atoms with Gasteiger partial charge in [-0.25, -0.2) is 4.98 Å². The number of amides is 1. The lowest BCUT2D eigenvalue weighted by Crippen LogP contribution is -2.27. The van der Waals surface area contributed by atoms with Crippen molar-refractivity contribution in [2.75, 3.05) is 5.32 Å². The second-order valence-corrected chi connectivity index (χ2v) is 13.1. The maximum atomic E-state index is 13.0. The fourth-order valence-corrected chi connectivity index (χ4v) is 7.02. The maximum Gasteiger partial charge on any atom is 0.258 e. The van der Waals surface area contributed by atoms with Crippen molar-refractivity contribution in [2.24, 2.45) is 22.7 Å². The van der Waals surface area contributed by atoms with Crippen LogP contribution in [-0.4, -0.2) is 10.9 Å². The largest absolute Gasteiger partial charge is 0.298 e. The average Bonchev–Trinajstić information content (AvgIpc) is 3.22. The van der Waals surface area contributed by atoms with Gasteiger partial charge in [-0.3, -0.25) is 10.1 Å². The fraction of sp³-hybridized carbons (Fsp3) is 0.667. The molecule has 158 valence electrons. The Morgan fingerprint density at radius 3 is 2.28 bits per heavy atom. The molecular weight excluding hydrogens is 396 g/mol. The Bertz CT molecular complexity index is 910. The van der Waals surface area contributed by atoms with Crippen LogP contribution >= 0.6 is 22.7 Å². The molecule has 2 aliphatic carbocycles. The van der Waals surface area contributed by atoms with E-state index in [1.54, 1.807) is 22.7 Å². The van der Waals surface area contributed by atoms with Gasteiger partial charge in [0.1, 0.15) is 0 Å². The van der Waals surface area contributed by atoms with Gasteiger partial charge >= 0.3 is 0 Å². The van der Waals surface area contributed by atoms with Crippen LogP contribution < -0.4 is 5.32 Å². The molecule has 3 nitrogen and oxygen atoms in total. The first-order valence-electron chi connectivity index (χ1n) is 10.9. The molecule has 1 amide bonds. The van der Waals surface area contributed by atoms with Crippen molar-refractivity contribution < 1.29 is 4.79 Å². The molecular formula is C24H34N2OS2. The Kier molecular flexibility index (Phi) is 5.44. The van der Waals surface area contributed by atoms with Gasteiger partial charge in [-0.2, -0.15) is 0 Å². The number of hydrogen-bond acceptors (Lipinski definition) is 4. The highest BCUT2D eigenvalue weighted by Gasteiger charge is 2.33. The van der Waals surface area contributed by atoms with Gasteiger partial charge < -0.3 is 0 Å². The summed E-state index contributed by atoms with van der Waals surface area (Å²) in [6.45, 7) is 14.0. The molecule has 0 fully saturated rings. The van der Waals surface area contributed by atoms with E-state index in [9.17, 15) is 4.79 Å². The third kappa shape index (κ3) is 4.32. The standard InChI is InChI=1S/C24H34N2OS2/c1-23(2,3)14-7-9-16-17(13-28-19(16)11-14)21(27)26-22-25-18-10-8-15(24(4,5)6)12-20(18)29-22/h13-15H,7-12H2,1-6H3,(H,25,26,27). The van der Waals surface area contributed by atoms with Crippen molar-refractivity contribution in [3.8, 4) is 0 Å². The minimum atomic E-state index is 0.0233. The zero-order valence-electron chi connectivity index (χ0n) is 18.6. The van der Waals surface area contributed by atoms with Gasteiger partial charge in [-0.05, 0) is 66.8 Å². The van der Waals surface area contributed by atoms with Gasteiger partial charge in [-0.15, -0.1) is 22.7 Å². The molecule has 0 aliphatic heterocycles. The molecule has 2 atom stereocenters. The molecule has 2 heterocycles. The van der Waals surface area contributed by atoms with Gasteiger partial charge in [0.15, 0.2) is 5.13 Å². The third-order valence-corrected chi connectivity index (χ3v) is 9.10. The van der Waals surface area contributed by atoms with E-state index in [0.29, 0.717) is 22.7 Å². The number of aromatic nitrogens is 1. The second-order valence-electron chi connectivity index (χ2n) is 11.0. The van der Waals surface area contributed by atoms with Crippen molar-refractivity contribution in [1.29, 1.82) is 0 Å². The number of fused-ring (bicyclic) bond motifs is 2. The molecule has 0 radical (unpaired) electrons. The molecule has 1 N–H and O–H groups in total. The van der Waals surface area contributed by atoms with Crippen molar-refractivity contribution >= 4 is 33.7 Å². The van der Waals surface area contributed by atoms with E-state index in [1.807, 2.05) is 0 Å². The Labute approximate surface area is 183 Å². The highest BCUT2D eigenvalue weighted by molar-refractivity contribution is 7.16. The summed E-state index contributed by atoms with van der Waals surface area (Å²) in [5, 5.41) is 5.96. The molecule has 0 saturated carbocycles. The molecule has 2 aromatic rings. The van der Waals surface area contributed by atoms with Crippen LogP contribution in [0.1, 0.15) is 85.8 Å². The maximum absolute atomic E-state index is 13.0. The van der Waals surface area contributed by atoms with Gasteiger partial charge in [0.2, 0.25) is 0 Å². The van der Waals surface area contributed by atoms with Gasteiger partial charge in [-0.1, -0.05) is 41.5 Å². The summed E-state index contributed by atoms with van der Waals surface area (Å²) in [6.07, 6.45) is 6.62. The highest BCUT2D eigenvalue weighted by Crippen LogP contribution is 2.42. The van der Waals surface area contributed by atoms with Gasteiger partial charge in [0.05, 0.1) is 11.3 Å². The number of carbonyl (C=O) groups is 1. The predicted molar refractivity (Wildman–Crippen MR) is 124 cm³/mol. The monoisotopic (exact) mass is 430 g/mol. The lowest BCUT2D eigenvalue weighted by atomic mass is 9.72. The van der Waals surface area contributed by atoms with Crippen LogP contribution in [0.25, 0.3) is 0 Å². The highest BCUT2D eigenvalue weighted by atomic mass is 32.1. The molecule has 0 saturated heterocycles. The van der Waals surface area contributed by atoms with Crippen LogP contribution in [0.2, 0.25) is 0 Å². The van der Waals surface area contributed by atoms with E-state index >= 15 is 0 Å². The fourth-order valence-electron chi connectivity index (χ4n) is 4.77. The Balaban J connectivity index is 1.47. The van der Waals surface area contributed by atoms with Crippen molar-refractivity contribution in [2.45, 2.75) is 80.1 Å². The predicted octanol–water partition coefficient (Wildman–Crippen LogP) is 6.76. The number of rotatable bonds is 2. The molecule has 2 unspecified atom stereocenters. The smallest absolute Gasteiger partial charge is 0.258 e. The van der Waals surface area contributed by atoms with Crippen LogP contribution in [0.5, 0.6) is 0 Å². The van der Waals surface area contributed by atoms with Gasteiger partial charge in [0, 0.05) is 15.1 Å².